The molecular formula is C15H11FN4O. The molecule has 0 spiro atoms. The fraction of sp³-hybridized carbons (Fsp3) is 0. The van der Waals surface area contributed by atoms with E-state index in [-0.39, 0.29) is 5.56 Å². The zero-order chi connectivity index (χ0) is 14.7. The summed E-state index contributed by atoms with van der Waals surface area (Å²) in [6.07, 6.45) is 5.78. The highest BCUT2D eigenvalue weighted by molar-refractivity contribution is 6.05. The summed E-state index contributed by atoms with van der Waals surface area (Å²) >= 11 is 0. The molecule has 2 heterocycles. The van der Waals surface area contributed by atoms with Gasteiger partial charge in [-0.2, -0.15) is 5.10 Å². The van der Waals surface area contributed by atoms with E-state index in [4.69, 9.17) is 0 Å². The number of pyridine rings is 1. The van der Waals surface area contributed by atoms with Crippen LogP contribution in [0.25, 0.3) is 5.69 Å². The fourth-order valence-electron chi connectivity index (χ4n) is 1.92. The molecule has 0 saturated carbocycles. The van der Waals surface area contributed by atoms with E-state index < -0.39 is 11.7 Å². The lowest BCUT2D eigenvalue weighted by molar-refractivity contribution is 0.102. The summed E-state index contributed by atoms with van der Waals surface area (Å²) in [7, 11) is 0. The van der Waals surface area contributed by atoms with Gasteiger partial charge >= 0.3 is 0 Å². The van der Waals surface area contributed by atoms with E-state index in [9.17, 15) is 9.18 Å². The van der Waals surface area contributed by atoms with Gasteiger partial charge in [-0.1, -0.05) is 12.1 Å². The highest BCUT2D eigenvalue weighted by Crippen LogP contribution is 2.19. The first kappa shape index (κ1) is 13.0. The summed E-state index contributed by atoms with van der Waals surface area (Å²) in [6, 6.07) is 10.1. The van der Waals surface area contributed by atoms with Crippen LogP contribution in [0, 0.1) is 5.82 Å². The standard InChI is InChI=1S/C15H11FN4O/c16-12-8-11(9-17-10-12)15(21)19-13-4-1-2-5-14(13)20-7-3-6-18-20/h1-10H,(H,19,21). The molecule has 0 aliphatic rings. The number of nitrogens with zero attached hydrogens (tertiary/aromatic N) is 3. The third-order valence-corrected chi connectivity index (χ3v) is 2.87. The Morgan fingerprint density at radius 2 is 2.05 bits per heavy atom. The van der Waals surface area contributed by atoms with Crippen molar-refractivity contribution in [2.45, 2.75) is 0 Å². The maximum absolute atomic E-state index is 13.1. The van der Waals surface area contributed by atoms with Crippen LogP contribution in [0.2, 0.25) is 0 Å². The quantitative estimate of drug-likeness (QED) is 0.803. The van der Waals surface area contributed by atoms with Crippen LogP contribution in [-0.2, 0) is 0 Å². The first-order valence-corrected chi connectivity index (χ1v) is 6.25. The molecule has 0 atom stereocenters. The molecule has 0 aliphatic carbocycles. The summed E-state index contributed by atoms with van der Waals surface area (Å²) in [5.41, 5.74) is 1.46. The average molecular weight is 282 g/mol. The Bertz CT molecular complexity index is 771. The molecule has 0 unspecified atom stereocenters. The van der Waals surface area contributed by atoms with Crippen LogP contribution in [0.1, 0.15) is 10.4 Å². The van der Waals surface area contributed by atoms with Gasteiger partial charge in [0, 0.05) is 18.6 Å². The van der Waals surface area contributed by atoms with Crippen LogP contribution in [0.3, 0.4) is 0 Å². The highest BCUT2D eigenvalue weighted by Gasteiger charge is 2.11. The van der Waals surface area contributed by atoms with E-state index >= 15 is 0 Å². The van der Waals surface area contributed by atoms with Crippen LogP contribution < -0.4 is 5.32 Å². The Kier molecular flexibility index (Phi) is 3.42. The number of nitrogens with one attached hydrogen (secondary N) is 1. The van der Waals surface area contributed by atoms with Gasteiger partial charge < -0.3 is 5.32 Å². The van der Waals surface area contributed by atoms with Crippen molar-refractivity contribution in [1.29, 1.82) is 0 Å². The Morgan fingerprint density at radius 1 is 1.19 bits per heavy atom. The predicted octanol–water partition coefficient (Wildman–Crippen LogP) is 2.66. The molecule has 2 aromatic heterocycles. The monoisotopic (exact) mass is 282 g/mol. The van der Waals surface area contributed by atoms with E-state index in [0.29, 0.717) is 5.69 Å². The normalized spacial score (nSPS) is 10.3. The van der Waals surface area contributed by atoms with Gasteiger partial charge in [0.1, 0.15) is 5.82 Å². The predicted molar refractivity (Wildman–Crippen MR) is 75.7 cm³/mol. The minimum absolute atomic E-state index is 0.158. The van der Waals surface area contributed by atoms with E-state index in [2.05, 4.69) is 15.4 Å². The number of hydrogen-bond donors (Lipinski definition) is 1. The molecule has 1 aromatic carbocycles. The number of carbonyl (C=O) groups excluding carboxylic acids is 1. The third-order valence-electron chi connectivity index (χ3n) is 2.87. The Labute approximate surface area is 120 Å². The minimum Gasteiger partial charge on any atom is -0.320 e. The minimum atomic E-state index is -0.553. The van der Waals surface area contributed by atoms with Crippen molar-refractivity contribution >= 4 is 11.6 Å². The molecule has 1 amide bonds. The first-order valence-electron chi connectivity index (χ1n) is 6.25. The van der Waals surface area contributed by atoms with Crippen molar-refractivity contribution in [3.8, 4) is 5.69 Å². The number of anilines is 1. The van der Waals surface area contributed by atoms with Crippen LogP contribution in [-0.4, -0.2) is 20.7 Å². The maximum atomic E-state index is 13.1. The van der Waals surface area contributed by atoms with Gasteiger partial charge in [-0.25, -0.2) is 9.07 Å². The lowest BCUT2D eigenvalue weighted by Gasteiger charge is -2.10. The zero-order valence-electron chi connectivity index (χ0n) is 10.9. The first-order chi connectivity index (χ1) is 10.2. The van der Waals surface area contributed by atoms with E-state index in [0.717, 1.165) is 18.0 Å². The molecule has 5 nitrogen and oxygen atoms in total. The molecule has 104 valence electrons. The van der Waals surface area contributed by atoms with E-state index in [1.54, 1.807) is 35.3 Å². The van der Waals surface area contributed by atoms with E-state index in [1.165, 1.54) is 6.20 Å². The van der Waals surface area contributed by atoms with Crippen LogP contribution in [0.15, 0.2) is 61.2 Å². The van der Waals surface area contributed by atoms with Crippen molar-refractivity contribution in [3.05, 3.63) is 72.6 Å². The smallest absolute Gasteiger partial charge is 0.257 e. The molecule has 6 heteroatoms. The molecule has 3 rings (SSSR count). The Balaban J connectivity index is 1.90. The molecule has 0 fully saturated rings. The SMILES string of the molecule is O=C(Nc1ccccc1-n1cccn1)c1cncc(F)c1. The van der Waals surface area contributed by atoms with E-state index in [1.807, 2.05) is 12.1 Å². The second-order valence-corrected chi connectivity index (χ2v) is 4.31. The third kappa shape index (κ3) is 2.79. The maximum Gasteiger partial charge on any atom is 0.257 e. The number of para-hydroxylation sites is 2. The van der Waals surface area contributed by atoms with Gasteiger partial charge in [0.2, 0.25) is 0 Å². The molecular weight excluding hydrogens is 271 g/mol. The van der Waals surface area contributed by atoms with Crippen molar-refractivity contribution in [3.63, 3.8) is 0 Å². The topological polar surface area (TPSA) is 59.8 Å². The summed E-state index contributed by atoms with van der Waals surface area (Å²) in [5.74, 6) is -0.982. The van der Waals surface area contributed by atoms with Gasteiger partial charge in [0.25, 0.3) is 5.91 Å². The number of benzene rings is 1. The van der Waals surface area contributed by atoms with Gasteiger partial charge in [0.05, 0.1) is 23.1 Å². The van der Waals surface area contributed by atoms with Gasteiger partial charge in [-0.15, -0.1) is 0 Å². The van der Waals surface area contributed by atoms with Crippen molar-refractivity contribution < 1.29 is 9.18 Å². The second kappa shape index (κ2) is 5.54. The number of amides is 1. The number of aromatic nitrogens is 3. The summed E-state index contributed by atoms with van der Waals surface area (Å²) < 4.78 is 14.8. The lowest BCUT2D eigenvalue weighted by Crippen LogP contribution is -2.14. The molecule has 0 saturated heterocycles. The molecule has 21 heavy (non-hydrogen) atoms. The van der Waals surface area contributed by atoms with Crippen molar-refractivity contribution in [2.75, 3.05) is 5.32 Å². The zero-order valence-corrected chi connectivity index (χ0v) is 10.9. The molecule has 0 radical (unpaired) electrons. The molecule has 0 aliphatic heterocycles. The van der Waals surface area contributed by atoms with Crippen molar-refractivity contribution in [1.82, 2.24) is 14.8 Å². The molecule has 0 bridgehead atoms. The molecule has 3 aromatic rings. The van der Waals surface area contributed by atoms with Gasteiger partial charge in [0.15, 0.2) is 0 Å². The summed E-state index contributed by atoms with van der Waals surface area (Å²) in [4.78, 5) is 15.8. The van der Waals surface area contributed by atoms with Gasteiger partial charge in [-0.05, 0) is 24.3 Å². The number of rotatable bonds is 3. The number of hydrogen-bond acceptors (Lipinski definition) is 3. The lowest BCUT2D eigenvalue weighted by atomic mass is 10.2. The highest BCUT2D eigenvalue weighted by atomic mass is 19.1. The van der Waals surface area contributed by atoms with Crippen LogP contribution in [0.5, 0.6) is 0 Å². The fourth-order valence-corrected chi connectivity index (χ4v) is 1.92. The Morgan fingerprint density at radius 3 is 2.81 bits per heavy atom. The summed E-state index contributed by atoms with van der Waals surface area (Å²) in [6.45, 7) is 0. The molecule has 1 N–H and O–H groups in total. The van der Waals surface area contributed by atoms with Crippen LogP contribution >= 0.6 is 0 Å². The second-order valence-electron chi connectivity index (χ2n) is 4.31. The largest absolute Gasteiger partial charge is 0.320 e. The van der Waals surface area contributed by atoms with Gasteiger partial charge in [-0.3, -0.25) is 9.78 Å². The van der Waals surface area contributed by atoms with Crippen molar-refractivity contribution in [2.24, 2.45) is 0 Å². The average Bonchev–Trinajstić information content (AvgIpc) is 3.02. The number of carbonyl (C=O) groups is 1. The van der Waals surface area contributed by atoms with Crippen LogP contribution in [0.4, 0.5) is 10.1 Å². The summed E-state index contributed by atoms with van der Waals surface area (Å²) in [5, 5.41) is 6.87. The Hall–Kier alpha value is -3.02. The number of halogens is 1.